The van der Waals surface area contributed by atoms with Crippen LogP contribution in [0.1, 0.15) is 22.3 Å². The van der Waals surface area contributed by atoms with E-state index < -0.39 is 0 Å². The summed E-state index contributed by atoms with van der Waals surface area (Å²) in [7, 11) is 1.50. The molecule has 3 aromatic rings. The van der Waals surface area contributed by atoms with Gasteiger partial charge in [0.1, 0.15) is 12.4 Å². The summed E-state index contributed by atoms with van der Waals surface area (Å²) in [5.74, 6) is 0.378. The van der Waals surface area contributed by atoms with Crippen molar-refractivity contribution in [2.45, 2.75) is 13.5 Å². The average molecular weight is 408 g/mol. The highest BCUT2D eigenvalue weighted by Gasteiger charge is 2.13. The van der Waals surface area contributed by atoms with Gasteiger partial charge in [0.25, 0.3) is 0 Å². The predicted octanol–water partition coefficient (Wildman–Crippen LogP) is 6.44. The number of hydrogen-bond donors (Lipinski definition) is 0. The van der Waals surface area contributed by atoms with Gasteiger partial charge in [-0.3, -0.25) is 0 Å². The first-order valence-electron chi connectivity index (χ1n) is 8.94. The number of hydrogen-bond acceptors (Lipinski definition) is 3. The third-order valence-corrected chi connectivity index (χ3v) is 4.66. The quantitative estimate of drug-likeness (QED) is 0.349. The van der Waals surface area contributed by atoms with Crippen LogP contribution < -0.4 is 9.47 Å². The summed E-state index contributed by atoms with van der Waals surface area (Å²) in [6.45, 7) is 2.01. The van der Waals surface area contributed by atoms with Crippen molar-refractivity contribution in [3.05, 3.63) is 93.8 Å². The molecule has 0 aliphatic heterocycles. The van der Waals surface area contributed by atoms with Crippen molar-refractivity contribution in [2.24, 2.45) is 0 Å². The summed E-state index contributed by atoms with van der Waals surface area (Å²) >= 11 is 6.40. The van der Waals surface area contributed by atoms with Crippen molar-refractivity contribution in [2.75, 3.05) is 7.11 Å². The van der Waals surface area contributed by atoms with E-state index in [1.54, 1.807) is 36.4 Å². The van der Waals surface area contributed by atoms with Gasteiger partial charge in [-0.2, -0.15) is 5.26 Å². The first-order chi connectivity index (χ1) is 14.0. The SMILES string of the molecule is COc1cc(/C=C(/C#N)c2ccc(C)cc2)cc(Cl)c1OCc1ccccc1F. The maximum Gasteiger partial charge on any atom is 0.180 e. The molecule has 0 saturated carbocycles. The molecular formula is C24H19ClFNO2. The molecule has 0 radical (unpaired) electrons. The minimum absolute atomic E-state index is 0.0186. The van der Waals surface area contributed by atoms with Crippen LogP contribution in [-0.4, -0.2) is 7.11 Å². The molecular weight excluding hydrogens is 389 g/mol. The van der Waals surface area contributed by atoms with Gasteiger partial charge in [-0.05, 0) is 42.3 Å². The highest BCUT2D eigenvalue weighted by Crippen LogP contribution is 2.38. The molecule has 0 spiro atoms. The maximum atomic E-state index is 13.8. The molecule has 0 aromatic heterocycles. The summed E-state index contributed by atoms with van der Waals surface area (Å²) in [6.07, 6.45) is 1.74. The summed E-state index contributed by atoms with van der Waals surface area (Å²) in [5, 5.41) is 9.87. The topological polar surface area (TPSA) is 42.2 Å². The second-order valence-corrected chi connectivity index (χ2v) is 6.86. The Kier molecular flexibility index (Phi) is 6.54. The third kappa shape index (κ3) is 4.96. The van der Waals surface area contributed by atoms with Crippen LogP contribution in [0.2, 0.25) is 5.02 Å². The van der Waals surface area contributed by atoms with Crippen LogP contribution >= 0.6 is 11.6 Å². The first kappa shape index (κ1) is 20.4. The minimum atomic E-state index is -0.348. The maximum absolute atomic E-state index is 13.8. The summed E-state index contributed by atoms with van der Waals surface area (Å²) in [4.78, 5) is 0. The second-order valence-electron chi connectivity index (χ2n) is 6.45. The Morgan fingerprint density at radius 3 is 2.52 bits per heavy atom. The molecule has 0 aliphatic rings. The Morgan fingerprint density at radius 2 is 1.86 bits per heavy atom. The van der Waals surface area contributed by atoms with Crippen molar-refractivity contribution in [3.63, 3.8) is 0 Å². The van der Waals surface area contributed by atoms with Gasteiger partial charge in [-0.15, -0.1) is 0 Å². The van der Waals surface area contributed by atoms with Crippen molar-refractivity contribution in [1.29, 1.82) is 5.26 Å². The molecule has 0 N–H and O–H groups in total. The zero-order valence-electron chi connectivity index (χ0n) is 16.1. The number of aryl methyl sites for hydroxylation is 1. The molecule has 3 rings (SSSR count). The number of benzene rings is 3. The Morgan fingerprint density at radius 1 is 1.14 bits per heavy atom. The number of nitriles is 1. The number of rotatable bonds is 6. The molecule has 5 heteroatoms. The van der Waals surface area contributed by atoms with E-state index in [1.807, 2.05) is 31.2 Å². The smallest absolute Gasteiger partial charge is 0.180 e. The lowest BCUT2D eigenvalue weighted by atomic mass is 10.0. The lowest BCUT2D eigenvalue weighted by molar-refractivity contribution is 0.280. The van der Waals surface area contributed by atoms with E-state index in [-0.39, 0.29) is 12.4 Å². The van der Waals surface area contributed by atoms with Crippen molar-refractivity contribution in [3.8, 4) is 17.6 Å². The fraction of sp³-hybridized carbons (Fsp3) is 0.125. The lowest BCUT2D eigenvalue weighted by Gasteiger charge is -2.14. The van der Waals surface area contributed by atoms with E-state index >= 15 is 0 Å². The average Bonchev–Trinajstić information content (AvgIpc) is 2.72. The van der Waals surface area contributed by atoms with E-state index in [2.05, 4.69) is 6.07 Å². The van der Waals surface area contributed by atoms with E-state index in [1.165, 1.54) is 13.2 Å². The molecule has 146 valence electrons. The minimum Gasteiger partial charge on any atom is -0.493 e. The van der Waals surface area contributed by atoms with Crippen LogP contribution in [0.4, 0.5) is 4.39 Å². The zero-order chi connectivity index (χ0) is 20.8. The third-order valence-electron chi connectivity index (χ3n) is 4.38. The van der Waals surface area contributed by atoms with Crippen LogP contribution in [0.5, 0.6) is 11.5 Å². The van der Waals surface area contributed by atoms with Gasteiger partial charge in [0.2, 0.25) is 0 Å². The molecule has 0 bridgehead atoms. The summed E-state index contributed by atoms with van der Waals surface area (Å²) in [5.41, 5.74) is 3.55. The normalized spacial score (nSPS) is 11.1. The fourth-order valence-corrected chi connectivity index (χ4v) is 3.08. The molecule has 0 heterocycles. The van der Waals surface area contributed by atoms with Crippen LogP contribution in [0.25, 0.3) is 11.6 Å². The molecule has 3 nitrogen and oxygen atoms in total. The number of ether oxygens (including phenoxy) is 2. The molecule has 0 fully saturated rings. The van der Waals surface area contributed by atoms with E-state index in [0.29, 0.717) is 33.2 Å². The van der Waals surface area contributed by atoms with Crippen LogP contribution in [0.15, 0.2) is 60.7 Å². The Balaban J connectivity index is 1.90. The molecule has 0 atom stereocenters. The highest BCUT2D eigenvalue weighted by atomic mass is 35.5. The van der Waals surface area contributed by atoms with Gasteiger partial charge in [-0.1, -0.05) is 59.6 Å². The summed E-state index contributed by atoms with van der Waals surface area (Å²) < 4.78 is 25.0. The number of allylic oxidation sites excluding steroid dienone is 1. The largest absolute Gasteiger partial charge is 0.493 e. The van der Waals surface area contributed by atoms with Crippen molar-refractivity contribution >= 4 is 23.3 Å². The van der Waals surface area contributed by atoms with Crippen molar-refractivity contribution in [1.82, 2.24) is 0 Å². The molecule has 0 saturated heterocycles. The Bertz CT molecular complexity index is 1090. The van der Waals surface area contributed by atoms with E-state index in [0.717, 1.165) is 11.1 Å². The second kappa shape index (κ2) is 9.27. The zero-order valence-corrected chi connectivity index (χ0v) is 16.8. The van der Waals surface area contributed by atoms with Gasteiger partial charge in [0.05, 0.1) is 23.8 Å². The lowest BCUT2D eigenvalue weighted by Crippen LogP contribution is -2.01. The van der Waals surface area contributed by atoms with Gasteiger partial charge in [0.15, 0.2) is 11.5 Å². The van der Waals surface area contributed by atoms with Gasteiger partial charge in [0, 0.05) is 5.56 Å². The predicted molar refractivity (Wildman–Crippen MR) is 113 cm³/mol. The molecule has 29 heavy (non-hydrogen) atoms. The van der Waals surface area contributed by atoms with Gasteiger partial charge >= 0.3 is 0 Å². The van der Waals surface area contributed by atoms with Crippen molar-refractivity contribution < 1.29 is 13.9 Å². The molecule has 0 aliphatic carbocycles. The Labute approximate surface area is 174 Å². The Hall–Kier alpha value is -3.29. The van der Waals surface area contributed by atoms with Gasteiger partial charge < -0.3 is 9.47 Å². The molecule has 0 amide bonds. The number of halogens is 2. The van der Waals surface area contributed by atoms with Crippen LogP contribution in [0.3, 0.4) is 0 Å². The molecule has 3 aromatic carbocycles. The van der Waals surface area contributed by atoms with Crippen LogP contribution in [-0.2, 0) is 6.61 Å². The standard InChI is InChI=1S/C24H19ClFNO2/c1-16-7-9-18(10-8-16)20(14-27)11-17-12-21(25)24(23(13-17)28-2)29-15-19-5-3-4-6-22(19)26/h3-13H,15H2,1-2H3/b20-11-. The van der Waals surface area contributed by atoms with Gasteiger partial charge in [-0.25, -0.2) is 4.39 Å². The van der Waals surface area contributed by atoms with E-state index in [9.17, 15) is 9.65 Å². The van der Waals surface area contributed by atoms with E-state index in [4.69, 9.17) is 21.1 Å². The highest BCUT2D eigenvalue weighted by molar-refractivity contribution is 6.32. The monoisotopic (exact) mass is 407 g/mol. The number of nitrogens with zero attached hydrogens (tertiary/aromatic N) is 1. The number of methoxy groups -OCH3 is 1. The van der Waals surface area contributed by atoms with Crippen LogP contribution in [0, 0.1) is 24.1 Å². The summed E-state index contributed by atoms with van der Waals surface area (Å²) in [6, 6.07) is 19.7. The fourth-order valence-electron chi connectivity index (χ4n) is 2.81. The first-order valence-corrected chi connectivity index (χ1v) is 9.32. The molecule has 0 unspecified atom stereocenters.